The van der Waals surface area contributed by atoms with Gasteiger partial charge in [0.25, 0.3) is 0 Å². The van der Waals surface area contributed by atoms with E-state index in [1.807, 2.05) is 6.92 Å². The van der Waals surface area contributed by atoms with Gasteiger partial charge in [0.1, 0.15) is 0 Å². The maximum Gasteiger partial charge on any atom is 0.0833 e. The Kier molecular flexibility index (Phi) is 4.61. The summed E-state index contributed by atoms with van der Waals surface area (Å²) in [4.78, 5) is 0. The Bertz CT molecular complexity index is 396. The molecule has 0 amide bonds. The minimum atomic E-state index is -0.318. The Morgan fingerprint density at radius 2 is 1.95 bits per heavy atom. The average molecular weight is 262 g/mol. The standard InChI is InChI=1S/C16H26N2O/c1-4-19-16(2,3)15(18-17)14-10-8-13(9-11-14)12-6-5-7-12/h8-12,15,18H,4-7,17H2,1-3H3. The van der Waals surface area contributed by atoms with E-state index >= 15 is 0 Å². The molecule has 1 unspecified atom stereocenters. The summed E-state index contributed by atoms with van der Waals surface area (Å²) in [6, 6.07) is 8.84. The van der Waals surface area contributed by atoms with Crippen molar-refractivity contribution in [2.75, 3.05) is 6.61 Å². The van der Waals surface area contributed by atoms with Gasteiger partial charge in [0.2, 0.25) is 0 Å². The van der Waals surface area contributed by atoms with Crippen LogP contribution in [0.1, 0.15) is 63.1 Å². The Morgan fingerprint density at radius 3 is 2.37 bits per heavy atom. The third-order valence-electron chi connectivity index (χ3n) is 4.22. The fourth-order valence-corrected chi connectivity index (χ4v) is 2.86. The second kappa shape index (κ2) is 6.04. The van der Waals surface area contributed by atoms with Crippen LogP contribution in [0.25, 0.3) is 0 Å². The van der Waals surface area contributed by atoms with Crippen LogP contribution in [0.3, 0.4) is 0 Å². The van der Waals surface area contributed by atoms with Gasteiger partial charge in [0.15, 0.2) is 0 Å². The zero-order valence-corrected chi connectivity index (χ0v) is 12.3. The normalized spacial score (nSPS) is 18.1. The molecule has 19 heavy (non-hydrogen) atoms. The van der Waals surface area contributed by atoms with Crippen molar-refractivity contribution in [2.24, 2.45) is 5.84 Å². The van der Waals surface area contributed by atoms with E-state index in [0.717, 1.165) is 5.92 Å². The summed E-state index contributed by atoms with van der Waals surface area (Å²) in [5, 5.41) is 0. The quantitative estimate of drug-likeness (QED) is 0.611. The molecule has 1 aromatic carbocycles. The molecule has 1 atom stereocenters. The number of benzene rings is 1. The molecule has 3 N–H and O–H groups in total. The van der Waals surface area contributed by atoms with Crippen LogP contribution in [0.5, 0.6) is 0 Å². The molecule has 3 heteroatoms. The van der Waals surface area contributed by atoms with E-state index in [0.29, 0.717) is 6.61 Å². The molecular formula is C16H26N2O. The van der Waals surface area contributed by atoms with Crippen molar-refractivity contribution >= 4 is 0 Å². The molecule has 0 heterocycles. The Balaban J connectivity index is 2.14. The SMILES string of the molecule is CCOC(C)(C)C(NN)c1ccc(C2CCC2)cc1. The summed E-state index contributed by atoms with van der Waals surface area (Å²) in [5.41, 5.74) is 5.22. The molecule has 3 nitrogen and oxygen atoms in total. The zero-order chi connectivity index (χ0) is 13.9. The predicted octanol–water partition coefficient (Wildman–Crippen LogP) is 3.27. The largest absolute Gasteiger partial charge is 0.374 e. The fourth-order valence-electron chi connectivity index (χ4n) is 2.86. The number of nitrogens with two attached hydrogens (primary N) is 1. The van der Waals surface area contributed by atoms with Crippen LogP contribution in [-0.4, -0.2) is 12.2 Å². The number of nitrogens with one attached hydrogen (secondary N) is 1. The van der Waals surface area contributed by atoms with Gasteiger partial charge < -0.3 is 4.74 Å². The molecule has 0 aromatic heterocycles. The minimum absolute atomic E-state index is 0.00268. The van der Waals surface area contributed by atoms with Gasteiger partial charge in [0, 0.05) is 6.61 Å². The number of rotatable bonds is 6. The summed E-state index contributed by atoms with van der Waals surface area (Å²) in [7, 11) is 0. The molecule has 1 aliphatic carbocycles. The van der Waals surface area contributed by atoms with Crippen molar-refractivity contribution in [1.82, 2.24) is 5.43 Å². The van der Waals surface area contributed by atoms with Gasteiger partial charge in [-0.3, -0.25) is 11.3 Å². The molecule has 0 bridgehead atoms. The monoisotopic (exact) mass is 262 g/mol. The van der Waals surface area contributed by atoms with Crippen LogP contribution in [0, 0.1) is 0 Å². The first-order valence-corrected chi connectivity index (χ1v) is 7.28. The molecule has 1 fully saturated rings. The van der Waals surface area contributed by atoms with Crippen LogP contribution in [-0.2, 0) is 4.74 Å². The van der Waals surface area contributed by atoms with Crippen LogP contribution in [0.15, 0.2) is 24.3 Å². The lowest BCUT2D eigenvalue weighted by atomic mass is 9.79. The van der Waals surface area contributed by atoms with E-state index < -0.39 is 0 Å². The Labute approximate surface area is 116 Å². The predicted molar refractivity (Wildman–Crippen MR) is 78.8 cm³/mol. The topological polar surface area (TPSA) is 47.3 Å². The van der Waals surface area contributed by atoms with E-state index in [9.17, 15) is 0 Å². The molecule has 1 aromatic rings. The maximum absolute atomic E-state index is 5.80. The lowest BCUT2D eigenvalue weighted by Gasteiger charge is -2.34. The molecule has 0 spiro atoms. The molecule has 2 rings (SSSR count). The van der Waals surface area contributed by atoms with Gasteiger partial charge in [-0.1, -0.05) is 30.7 Å². The smallest absolute Gasteiger partial charge is 0.0833 e. The first-order valence-electron chi connectivity index (χ1n) is 7.28. The lowest BCUT2D eigenvalue weighted by molar-refractivity contribution is -0.0392. The second-order valence-electron chi connectivity index (χ2n) is 5.93. The molecule has 0 radical (unpaired) electrons. The molecule has 1 aliphatic rings. The van der Waals surface area contributed by atoms with Crippen molar-refractivity contribution in [1.29, 1.82) is 0 Å². The highest BCUT2D eigenvalue weighted by molar-refractivity contribution is 5.29. The lowest BCUT2D eigenvalue weighted by Crippen LogP contribution is -2.44. The van der Waals surface area contributed by atoms with Gasteiger partial charge in [-0.25, -0.2) is 0 Å². The van der Waals surface area contributed by atoms with Gasteiger partial charge in [-0.2, -0.15) is 0 Å². The van der Waals surface area contributed by atoms with Crippen LogP contribution in [0.4, 0.5) is 0 Å². The summed E-state index contributed by atoms with van der Waals surface area (Å²) in [6.45, 7) is 6.84. The van der Waals surface area contributed by atoms with E-state index in [4.69, 9.17) is 10.6 Å². The van der Waals surface area contributed by atoms with E-state index in [1.54, 1.807) is 0 Å². The molecular weight excluding hydrogens is 236 g/mol. The number of hydrogen-bond acceptors (Lipinski definition) is 3. The van der Waals surface area contributed by atoms with E-state index in [-0.39, 0.29) is 11.6 Å². The van der Waals surface area contributed by atoms with Crippen LogP contribution < -0.4 is 11.3 Å². The summed E-state index contributed by atoms with van der Waals surface area (Å²) in [5.74, 6) is 6.50. The highest BCUT2D eigenvalue weighted by atomic mass is 16.5. The van der Waals surface area contributed by atoms with Gasteiger partial charge >= 0.3 is 0 Å². The van der Waals surface area contributed by atoms with Gasteiger partial charge in [-0.05, 0) is 50.7 Å². The first kappa shape index (κ1) is 14.5. The van der Waals surface area contributed by atoms with E-state index in [2.05, 4.69) is 43.5 Å². The van der Waals surface area contributed by atoms with Crippen LogP contribution in [0.2, 0.25) is 0 Å². The molecule has 0 saturated heterocycles. The summed E-state index contributed by atoms with van der Waals surface area (Å²) in [6.07, 6.45) is 4.04. The number of ether oxygens (including phenoxy) is 1. The van der Waals surface area contributed by atoms with Crippen molar-refractivity contribution in [3.63, 3.8) is 0 Å². The van der Waals surface area contributed by atoms with Crippen molar-refractivity contribution in [2.45, 2.75) is 57.6 Å². The third-order valence-corrected chi connectivity index (χ3v) is 4.22. The van der Waals surface area contributed by atoms with Crippen molar-refractivity contribution in [3.05, 3.63) is 35.4 Å². The molecule has 1 saturated carbocycles. The number of hydrazine groups is 1. The van der Waals surface area contributed by atoms with Gasteiger partial charge in [0.05, 0.1) is 11.6 Å². The fraction of sp³-hybridized carbons (Fsp3) is 0.625. The molecule has 0 aliphatic heterocycles. The van der Waals surface area contributed by atoms with Gasteiger partial charge in [-0.15, -0.1) is 0 Å². The third kappa shape index (κ3) is 3.16. The van der Waals surface area contributed by atoms with Crippen molar-refractivity contribution < 1.29 is 4.74 Å². The van der Waals surface area contributed by atoms with Crippen LogP contribution >= 0.6 is 0 Å². The minimum Gasteiger partial charge on any atom is -0.374 e. The summed E-state index contributed by atoms with van der Waals surface area (Å²) < 4.78 is 5.80. The first-order chi connectivity index (χ1) is 9.08. The Morgan fingerprint density at radius 1 is 1.32 bits per heavy atom. The highest BCUT2D eigenvalue weighted by Gasteiger charge is 2.30. The second-order valence-corrected chi connectivity index (χ2v) is 5.93. The maximum atomic E-state index is 5.80. The number of hydrogen-bond donors (Lipinski definition) is 2. The Hall–Kier alpha value is -0.900. The zero-order valence-electron chi connectivity index (χ0n) is 12.3. The highest BCUT2D eigenvalue weighted by Crippen LogP contribution is 2.37. The average Bonchev–Trinajstić information content (AvgIpc) is 2.29. The molecule has 106 valence electrons. The summed E-state index contributed by atoms with van der Waals surface area (Å²) >= 11 is 0. The van der Waals surface area contributed by atoms with E-state index in [1.165, 1.54) is 30.4 Å². The van der Waals surface area contributed by atoms with Crippen molar-refractivity contribution in [3.8, 4) is 0 Å².